The molecule has 0 aliphatic heterocycles. The van der Waals surface area contributed by atoms with Crippen molar-refractivity contribution >= 4 is 45.3 Å². The number of benzene rings is 2. The Morgan fingerprint density at radius 2 is 1.60 bits per heavy atom. The molecule has 0 saturated heterocycles. The van der Waals surface area contributed by atoms with E-state index in [-0.39, 0.29) is 6.42 Å². The maximum absolute atomic E-state index is 11.8. The summed E-state index contributed by atoms with van der Waals surface area (Å²) in [7, 11) is 0. The van der Waals surface area contributed by atoms with Gasteiger partial charge in [-0.2, -0.15) is 0 Å². The molecule has 0 aliphatic carbocycles. The van der Waals surface area contributed by atoms with Crippen molar-refractivity contribution in [3.63, 3.8) is 0 Å². The van der Waals surface area contributed by atoms with Crippen molar-refractivity contribution in [3.05, 3.63) is 69.2 Å². The molecule has 0 fully saturated rings. The van der Waals surface area contributed by atoms with Crippen LogP contribution >= 0.6 is 27.5 Å². The molecule has 0 unspecified atom stereocenters. The van der Waals surface area contributed by atoms with Gasteiger partial charge in [0.25, 0.3) is 11.8 Å². The summed E-state index contributed by atoms with van der Waals surface area (Å²) >= 11 is 9.02. The van der Waals surface area contributed by atoms with Crippen molar-refractivity contribution < 1.29 is 19.1 Å². The summed E-state index contributed by atoms with van der Waals surface area (Å²) < 4.78 is 5.68. The van der Waals surface area contributed by atoms with Gasteiger partial charge in [0.2, 0.25) is 0 Å². The van der Waals surface area contributed by atoms with Gasteiger partial charge in [0.05, 0.1) is 6.42 Å². The highest BCUT2D eigenvalue weighted by molar-refractivity contribution is 9.10. The van der Waals surface area contributed by atoms with E-state index in [1.54, 1.807) is 48.5 Å². The summed E-state index contributed by atoms with van der Waals surface area (Å²) in [6, 6.07) is 13.3. The number of halogens is 2. The molecule has 2 amide bonds. The van der Waals surface area contributed by atoms with Gasteiger partial charge in [-0.05, 0) is 42.0 Å². The molecule has 0 spiro atoms. The molecule has 25 heavy (non-hydrogen) atoms. The molecule has 8 heteroatoms. The Morgan fingerprint density at radius 1 is 0.960 bits per heavy atom. The van der Waals surface area contributed by atoms with E-state index in [0.29, 0.717) is 10.6 Å². The average molecular weight is 426 g/mol. The number of hydrogen-bond donors (Lipinski definition) is 2. The molecular weight excluding hydrogens is 412 g/mol. The van der Waals surface area contributed by atoms with Crippen LogP contribution in [0.15, 0.2) is 53.0 Å². The van der Waals surface area contributed by atoms with Gasteiger partial charge < -0.3 is 4.74 Å². The van der Waals surface area contributed by atoms with E-state index in [1.807, 2.05) is 0 Å². The molecule has 0 saturated carbocycles. The average Bonchev–Trinajstić information content (AvgIpc) is 2.60. The van der Waals surface area contributed by atoms with Crippen LogP contribution < -0.4 is 10.9 Å². The predicted molar refractivity (Wildman–Crippen MR) is 95.9 cm³/mol. The van der Waals surface area contributed by atoms with E-state index in [0.717, 1.165) is 10.0 Å². The van der Waals surface area contributed by atoms with Crippen molar-refractivity contribution in [2.45, 2.75) is 6.42 Å². The van der Waals surface area contributed by atoms with E-state index in [4.69, 9.17) is 16.3 Å². The Bertz CT molecular complexity index is 763. The lowest BCUT2D eigenvalue weighted by Gasteiger charge is -2.08. The van der Waals surface area contributed by atoms with E-state index in [1.165, 1.54) is 0 Å². The van der Waals surface area contributed by atoms with Gasteiger partial charge in [0.15, 0.2) is 6.61 Å². The molecule has 0 heterocycles. The second-order valence-electron chi connectivity index (χ2n) is 4.97. The minimum atomic E-state index is -0.644. The van der Waals surface area contributed by atoms with Crippen LogP contribution in [0.5, 0.6) is 0 Å². The van der Waals surface area contributed by atoms with Crippen molar-refractivity contribution in [2.24, 2.45) is 0 Å². The molecule has 0 atom stereocenters. The van der Waals surface area contributed by atoms with E-state index in [2.05, 4.69) is 26.8 Å². The number of hydrogen-bond acceptors (Lipinski definition) is 4. The van der Waals surface area contributed by atoms with Crippen molar-refractivity contribution in [1.29, 1.82) is 0 Å². The zero-order chi connectivity index (χ0) is 18.2. The fraction of sp³-hybridized carbons (Fsp3) is 0.118. The van der Waals surface area contributed by atoms with Gasteiger partial charge in [0.1, 0.15) is 0 Å². The van der Waals surface area contributed by atoms with Crippen LogP contribution in [0.4, 0.5) is 0 Å². The number of esters is 1. The molecule has 130 valence electrons. The molecule has 0 bridgehead atoms. The molecular formula is C17H14BrClN2O4. The predicted octanol–water partition coefficient (Wildman–Crippen LogP) is 2.65. The maximum atomic E-state index is 11.8. The summed E-state index contributed by atoms with van der Waals surface area (Å²) in [4.78, 5) is 35.1. The third kappa shape index (κ3) is 6.56. The first kappa shape index (κ1) is 19.0. The zero-order valence-electron chi connectivity index (χ0n) is 12.9. The minimum Gasteiger partial charge on any atom is -0.455 e. The second kappa shape index (κ2) is 9.19. The highest BCUT2D eigenvalue weighted by atomic mass is 79.9. The molecule has 0 aliphatic rings. The first-order valence-electron chi connectivity index (χ1n) is 7.19. The van der Waals surface area contributed by atoms with Crippen LogP contribution in [0.25, 0.3) is 0 Å². The Kier molecular flexibility index (Phi) is 6.97. The van der Waals surface area contributed by atoms with E-state index in [9.17, 15) is 14.4 Å². The largest absolute Gasteiger partial charge is 0.455 e. The van der Waals surface area contributed by atoms with E-state index >= 15 is 0 Å². The molecule has 2 N–H and O–H groups in total. The van der Waals surface area contributed by atoms with Crippen LogP contribution in [-0.4, -0.2) is 24.4 Å². The fourth-order valence-corrected chi connectivity index (χ4v) is 2.19. The smallest absolute Gasteiger partial charge is 0.310 e. The van der Waals surface area contributed by atoms with Crippen LogP contribution in [0.3, 0.4) is 0 Å². The fourth-order valence-electron chi connectivity index (χ4n) is 1.80. The number of amides is 2. The van der Waals surface area contributed by atoms with Crippen LogP contribution in [-0.2, 0) is 20.7 Å². The van der Waals surface area contributed by atoms with Gasteiger partial charge in [-0.3, -0.25) is 25.2 Å². The number of ether oxygens (including phenoxy) is 1. The van der Waals surface area contributed by atoms with Crippen molar-refractivity contribution in [2.75, 3.05) is 6.61 Å². The van der Waals surface area contributed by atoms with Gasteiger partial charge >= 0.3 is 5.97 Å². The highest BCUT2D eigenvalue weighted by Crippen LogP contribution is 2.11. The number of carbonyl (C=O) groups excluding carboxylic acids is 3. The lowest BCUT2D eigenvalue weighted by atomic mass is 10.1. The van der Waals surface area contributed by atoms with Gasteiger partial charge in [0, 0.05) is 15.1 Å². The number of carbonyl (C=O) groups is 3. The van der Waals surface area contributed by atoms with Crippen LogP contribution in [0.1, 0.15) is 15.9 Å². The van der Waals surface area contributed by atoms with Crippen molar-refractivity contribution in [3.8, 4) is 0 Å². The Labute approximate surface area is 157 Å². The van der Waals surface area contributed by atoms with Crippen LogP contribution in [0, 0.1) is 0 Å². The summed E-state index contributed by atoms with van der Waals surface area (Å²) in [5, 5.41) is 0.568. The third-order valence-electron chi connectivity index (χ3n) is 3.05. The van der Waals surface area contributed by atoms with Gasteiger partial charge in [-0.25, -0.2) is 0 Å². The molecule has 6 nitrogen and oxygen atoms in total. The highest BCUT2D eigenvalue weighted by Gasteiger charge is 2.10. The standard InChI is InChI=1S/C17H14BrClN2O4/c18-13-5-3-12(4-6-13)17(24)21-20-15(22)10-25-16(23)9-11-1-7-14(19)8-2-11/h1-8H,9-10H2,(H,20,22)(H,21,24). The molecule has 0 radical (unpaired) electrons. The first-order chi connectivity index (χ1) is 11.9. The third-order valence-corrected chi connectivity index (χ3v) is 3.83. The maximum Gasteiger partial charge on any atom is 0.310 e. The summed E-state index contributed by atoms with van der Waals surface area (Å²) in [6.07, 6.45) is 0.0235. The van der Waals surface area contributed by atoms with E-state index < -0.39 is 24.4 Å². The number of rotatable bonds is 5. The van der Waals surface area contributed by atoms with Crippen LogP contribution in [0.2, 0.25) is 5.02 Å². The zero-order valence-corrected chi connectivity index (χ0v) is 15.3. The Hall–Kier alpha value is -2.38. The minimum absolute atomic E-state index is 0.0235. The monoisotopic (exact) mass is 424 g/mol. The van der Waals surface area contributed by atoms with Gasteiger partial charge in [-0.1, -0.05) is 39.7 Å². The number of nitrogens with one attached hydrogen (secondary N) is 2. The summed E-state index contributed by atoms with van der Waals surface area (Å²) in [5.74, 6) is -1.68. The Balaban J connectivity index is 1.71. The molecule has 0 aromatic heterocycles. The lowest BCUT2D eigenvalue weighted by molar-refractivity contribution is -0.148. The number of hydrazine groups is 1. The molecule has 2 aromatic rings. The summed E-state index contributed by atoms with van der Waals surface area (Å²) in [5.41, 5.74) is 5.51. The first-order valence-corrected chi connectivity index (χ1v) is 8.36. The quantitative estimate of drug-likeness (QED) is 0.570. The Morgan fingerprint density at radius 3 is 2.24 bits per heavy atom. The molecule has 2 rings (SSSR count). The SMILES string of the molecule is O=C(COC(=O)Cc1ccc(Cl)cc1)NNC(=O)c1ccc(Br)cc1. The van der Waals surface area contributed by atoms with Crippen molar-refractivity contribution in [1.82, 2.24) is 10.9 Å². The second-order valence-corrected chi connectivity index (χ2v) is 6.33. The lowest BCUT2D eigenvalue weighted by Crippen LogP contribution is -2.43. The molecule has 2 aromatic carbocycles. The normalized spacial score (nSPS) is 10.0. The topological polar surface area (TPSA) is 84.5 Å². The summed E-state index contributed by atoms with van der Waals surface area (Å²) in [6.45, 7) is -0.493. The van der Waals surface area contributed by atoms with Gasteiger partial charge in [-0.15, -0.1) is 0 Å².